The molecular weight excluding hydrogens is 286 g/mol. The van der Waals surface area contributed by atoms with Gasteiger partial charge in [-0.1, -0.05) is 22.0 Å². The van der Waals surface area contributed by atoms with Crippen molar-refractivity contribution in [2.75, 3.05) is 7.11 Å². The zero-order chi connectivity index (χ0) is 12.8. The molecule has 1 rings (SSSR count). The molecule has 1 unspecified atom stereocenters. The normalized spacial score (nSPS) is 12.4. The molecule has 5 heteroatoms. The Morgan fingerprint density at radius 1 is 1.59 bits per heavy atom. The number of carboxylic acid groups (broad SMARTS) is 1. The number of benzene rings is 1. The lowest BCUT2D eigenvalue weighted by molar-refractivity contribution is -0.137. The van der Waals surface area contributed by atoms with Gasteiger partial charge in [0.05, 0.1) is 6.61 Å². The van der Waals surface area contributed by atoms with Gasteiger partial charge in [-0.2, -0.15) is 0 Å². The Hall–Kier alpha value is -0.910. The molecule has 0 aliphatic carbocycles. The average molecular weight is 302 g/mol. The summed E-state index contributed by atoms with van der Waals surface area (Å²) in [5.74, 6) is -0.828. The average Bonchev–Trinajstić information content (AvgIpc) is 2.26. The number of methoxy groups -OCH3 is 1. The van der Waals surface area contributed by atoms with E-state index in [-0.39, 0.29) is 12.5 Å². The van der Waals surface area contributed by atoms with Crippen LogP contribution in [-0.2, 0) is 16.1 Å². The second-order valence-electron chi connectivity index (χ2n) is 3.82. The van der Waals surface area contributed by atoms with E-state index in [0.717, 1.165) is 15.6 Å². The zero-order valence-electron chi connectivity index (χ0n) is 9.65. The lowest BCUT2D eigenvalue weighted by atomic mass is 9.98. The molecule has 1 aromatic carbocycles. The van der Waals surface area contributed by atoms with Crippen LogP contribution in [0.4, 0.5) is 0 Å². The Morgan fingerprint density at radius 3 is 2.88 bits per heavy atom. The summed E-state index contributed by atoms with van der Waals surface area (Å²) in [5, 5.41) is 8.64. The molecule has 1 atom stereocenters. The van der Waals surface area contributed by atoms with E-state index in [2.05, 4.69) is 15.9 Å². The fourth-order valence-electron chi connectivity index (χ4n) is 1.65. The maximum absolute atomic E-state index is 10.5. The summed E-state index contributed by atoms with van der Waals surface area (Å²) in [7, 11) is 1.62. The van der Waals surface area contributed by atoms with Crippen LogP contribution in [0.3, 0.4) is 0 Å². The highest BCUT2D eigenvalue weighted by Gasteiger charge is 2.13. The minimum Gasteiger partial charge on any atom is -0.481 e. The number of aliphatic carboxylic acids is 1. The van der Waals surface area contributed by atoms with Gasteiger partial charge in [-0.05, 0) is 29.7 Å². The highest BCUT2D eigenvalue weighted by atomic mass is 79.9. The lowest BCUT2D eigenvalue weighted by Gasteiger charge is -2.15. The van der Waals surface area contributed by atoms with Gasteiger partial charge in [-0.3, -0.25) is 4.79 Å². The van der Waals surface area contributed by atoms with Crippen LogP contribution in [0.5, 0.6) is 0 Å². The highest BCUT2D eigenvalue weighted by Crippen LogP contribution is 2.24. The Kier molecular flexibility index (Phi) is 5.61. The van der Waals surface area contributed by atoms with Gasteiger partial charge in [0.1, 0.15) is 0 Å². The van der Waals surface area contributed by atoms with Crippen molar-refractivity contribution in [1.82, 2.24) is 0 Å². The van der Waals surface area contributed by atoms with Crippen molar-refractivity contribution < 1.29 is 14.6 Å². The number of carbonyl (C=O) groups is 1. The Balaban J connectivity index is 2.83. The van der Waals surface area contributed by atoms with Gasteiger partial charge in [0.25, 0.3) is 0 Å². The third-order valence-electron chi connectivity index (χ3n) is 2.47. The second-order valence-corrected chi connectivity index (χ2v) is 4.73. The molecule has 4 nitrogen and oxygen atoms in total. The molecule has 0 radical (unpaired) electrons. The van der Waals surface area contributed by atoms with Crippen LogP contribution in [0.2, 0.25) is 0 Å². The largest absolute Gasteiger partial charge is 0.481 e. The lowest BCUT2D eigenvalue weighted by Crippen LogP contribution is -2.14. The number of hydrogen-bond acceptors (Lipinski definition) is 3. The Morgan fingerprint density at radius 2 is 2.29 bits per heavy atom. The summed E-state index contributed by atoms with van der Waals surface area (Å²) in [6.07, 6.45) is 0.497. The van der Waals surface area contributed by atoms with Crippen LogP contribution < -0.4 is 5.73 Å². The summed E-state index contributed by atoms with van der Waals surface area (Å²) in [6, 6.07) is 5.48. The smallest absolute Gasteiger partial charge is 0.303 e. The van der Waals surface area contributed by atoms with Crippen molar-refractivity contribution in [2.24, 2.45) is 5.73 Å². The van der Waals surface area contributed by atoms with E-state index in [0.29, 0.717) is 13.0 Å². The molecule has 0 aromatic heterocycles. The summed E-state index contributed by atoms with van der Waals surface area (Å²) in [6.45, 7) is 0.468. The Labute approximate surface area is 109 Å². The fourth-order valence-corrected chi connectivity index (χ4v) is 2.06. The second kappa shape index (κ2) is 6.74. The molecule has 0 saturated carbocycles. The van der Waals surface area contributed by atoms with Crippen molar-refractivity contribution in [2.45, 2.75) is 25.5 Å². The molecule has 0 saturated heterocycles. The topological polar surface area (TPSA) is 72.5 Å². The maximum atomic E-state index is 10.5. The number of hydrogen-bond donors (Lipinski definition) is 2. The quantitative estimate of drug-likeness (QED) is 0.846. The molecule has 0 spiro atoms. The van der Waals surface area contributed by atoms with Gasteiger partial charge >= 0.3 is 5.97 Å². The monoisotopic (exact) mass is 301 g/mol. The molecule has 0 bridgehead atoms. The predicted molar refractivity (Wildman–Crippen MR) is 68.7 cm³/mol. The summed E-state index contributed by atoms with van der Waals surface area (Å²) in [4.78, 5) is 10.5. The minimum atomic E-state index is -0.828. The molecule has 17 heavy (non-hydrogen) atoms. The third-order valence-corrected chi connectivity index (χ3v) is 2.97. The maximum Gasteiger partial charge on any atom is 0.303 e. The first kappa shape index (κ1) is 14.2. The highest BCUT2D eigenvalue weighted by molar-refractivity contribution is 9.10. The van der Waals surface area contributed by atoms with E-state index in [1.807, 2.05) is 18.2 Å². The number of halogens is 1. The number of ether oxygens (including phenoxy) is 1. The van der Waals surface area contributed by atoms with Gasteiger partial charge in [0.2, 0.25) is 0 Å². The standard InChI is InChI=1S/C12H16BrNO3/c1-17-7-8-6-9(13)2-3-10(8)11(14)4-5-12(15)16/h2-3,6,11H,4-5,7,14H2,1H3,(H,15,16). The zero-order valence-corrected chi connectivity index (χ0v) is 11.2. The van der Waals surface area contributed by atoms with Crippen LogP contribution in [0.25, 0.3) is 0 Å². The first-order valence-electron chi connectivity index (χ1n) is 5.29. The van der Waals surface area contributed by atoms with Crippen LogP contribution in [0.1, 0.15) is 30.0 Å². The minimum absolute atomic E-state index is 0.0731. The molecule has 0 heterocycles. The van der Waals surface area contributed by atoms with Crippen molar-refractivity contribution in [1.29, 1.82) is 0 Å². The summed E-state index contributed by atoms with van der Waals surface area (Å²) < 4.78 is 6.06. The molecule has 94 valence electrons. The van der Waals surface area contributed by atoms with E-state index in [1.54, 1.807) is 7.11 Å². The van der Waals surface area contributed by atoms with Gasteiger partial charge in [-0.15, -0.1) is 0 Å². The van der Waals surface area contributed by atoms with Gasteiger partial charge < -0.3 is 15.6 Å². The number of rotatable bonds is 6. The fraction of sp³-hybridized carbons (Fsp3) is 0.417. The van der Waals surface area contributed by atoms with Gasteiger partial charge in [0.15, 0.2) is 0 Å². The molecule has 1 aromatic rings. The van der Waals surface area contributed by atoms with Crippen LogP contribution in [0, 0.1) is 0 Å². The Bertz CT molecular complexity index is 395. The van der Waals surface area contributed by atoms with E-state index in [1.165, 1.54) is 0 Å². The van der Waals surface area contributed by atoms with E-state index in [4.69, 9.17) is 15.6 Å². The molecular formula is C12H16BrNO3. The van der Waals surface area contributed by atoms with Crippen LogP contribution >= 0.6 is 15.9 Å². The van der Waals surface area contributed by atoms with E-state index >= 15 is 0 Å². The number of carboxylic acids is 1. The molecule has 0 aliphatic rings. The van der Waals surface area contributed by atoms with E-state index < -0.39 is 5.97 Å². The van der Waals surface area contributed by atoms with Crippen LogP contribution in [0.15, 0.2) is 22.7 Å². The molecule has 3 N–H and O–H groups in total. The first-order chi connectivity index (χ1) is 8.04. The molecule has 0 fully saturated rings. The van der Waals surface area contributed by atoms with Crippen molar-refractivity contribution in [3.63, 3.8) is 0 Å². The molecule has 0 aliphatic heterocycles. The van der Waals surface area contributed by atoms with Crippen LogP contribution in [-0.4, -0.2) is 18.2 Å². The van der Waals surface area contributed by atoms with Crippen molar-refractivity contribution in [3.8, 4) is 0 Å². The van der Waals surface area contributed by atoms with E-state index in [9.17, 15) is 4.79 Å². The summed E-state index contributed by atoms with van der Waals surface area (Å²) >= 11 is 3.39. The number of nitrogens with two attached hydrogens (primary N) is 1. The van der Waals surface area contributed by atoms with Crippen molar-refractivity contribution in [3.05, 3.63) is 33.8 Å². The predicted octanol–water partition coefficient (Wildman–Crippen LogP) is 2.46. The van der Waals surface area contributed by atoms with Gasteiger partial charge in [0, 0.05) is 24.0 Å². The summed E-state index contributed by atoms with van der Waals surface area (Å²) in [5.41, 5.74) is 7.92. The third kappa shape index (κ3) is 4.46. The first-order valence-corrected chi connectivity index (χ1v) is 6.08. The van der Waals surface area contributed by atoms with Crippen molar-refractivity contribution >= 4 is 21.9 Å². The SMILES string of the molecule is COCc1cc(Br)ccc1C(N)CCC(=O)O. The van der Waals surface area contributed by atoms with Gasteiger partial charge in [-0.25, -0.2) is 0 Å². The molecule has 0 amide bonds.